The number of pyridine rings is 1. The second kappa shape index (κ2) is 6.91. The average molecular weight is 314 g/mol. The van der Waals surface area contributed by atoms with Gasteiger partial charge in [0.25, 0.3) is 0 Å². The first-order valence-electron chi connectivity index (χ1n) is 7.96. The van der Waals surface area contributed by atoms with Crippen molar-refractivity contribution >= 4 is 5.91 Å². The third kappa shape index (κ3) is 3.96. The molecule has 122 valence electrons. The Bertz CT molecular complexity index is 650. The lowest BCUT2D eigenvalue weighted by atomic mass is 9.75. The van der Waals surface area contributed by atoms with Gasteiger partial charge in [-0.2, -0.15) is 5.10 Å². The van der Waals surface area contributed by atoms with Crippen molar-refractivity contribution in [2.75, 3.05) is 0 Å². The summed E-state index contributed by atoms with van der Waals surface area (Å²) in [4.78, 5) is 16.4. The van der Waals surface area contributed by atoms with Crippen LogP contribution >= 0.6 is 0 Å². The quantitative estimate of drug-likeness (QED) is 0.844. The van der Waals surface area contributed by atoms with Crippen LogP contribution < -0.4 is 5.32 Å². The first kappa shape index (κ1) is 15.7. The maximum Gasteiger partial charge on any atom is 0.220 e. The van der Waals surface area contributed by atoms with Gasteiger partial charge in [0, 0.05) is 37.6 Å². The molecule has 0 unspecified atom stereocenters. The predicted molar refractivity (Wildman–Crippen MR) is 85.4 cm³/mol. The van der Waals surface area contributed by atoms with Gasteiger partial charge in [-0.1, -0.05) is 6.07 Å². The first-order valence-corrected chi connectivity index (χ1v) is 7.96. The number of nitrogens with one attached hydrogen (secondary N) is 1. The topological polar surface area (TPSA) is 80.0 Å². The van der Waals surface area contributed by atoms with E-state index in [9.17, 15) is 9.90 Å². The van der Waals surface area contributed by atoms with Gasteiger partial charge in [-0.3, -0.25) is 14.5 Å². The summed E-state index contributed by atoms with van der Waals surface area (Å²) in [5, 5.41) is 16.9. The summed E-state index contributed by atoms with van der Waals surface area (Å²) < 4.78 is 1.74. The van der Waals surface area contributed by atoms with Crippen molar-refractivity contribution in [3.8, 4) is 0 Å². The normalized spacial score (nSPS) is 21.5. The van der Waals surface area contributed by atoms with Gasteiger partial charge in [-0.05, 0) is 36.8 Å². The maximum absolute atomic E-state index is 12.3. The van der Waals surface area contributed by atoms with E-state index < -0.39 is 0 Å². The van der Waals surface area contributed by atoms with Gasteiger partial charge in [0.05, 0.1) is 18.3 Å². The van der Waals surface area contributed by atoms with Crippen LogP contribution in [0.25, 0.3) is 0 Å². The minimum Gasteiger partial charge on any atom is -0.393 e. The van der Waals surface area contributed by atoms with Crippen LogP contribution in [0.5, 0.6) is 0 Å². The molecule has 0 bridgehead atoms. The Balaban J connectivity index is 1.60. The molecule has 1 aliphatic carbocycles. The zero-order valence-corrected chi connectivity index (χ0v) is 13.2. The fourth-order valence-electron chi connectivity index (χ4n) is 3.03. The van der Waals surface area contributed by atoms with Gasteiger partial charge in [-0.25, -0.2) is 0 Å². The molecule has 2 heterocycles. The number of carbonyl (C=O) groups is 1. The van der Waals surface area contributed by atoms with Gasteiger partial charge in [-0.15, -0.1) is 0 Å². The SMILES string of the molecule is Cn1cc([C@H](NC(=O)CCc2cccnc2)C2CC(O)C2)cn1. The summed E-state index contributed by atoms with van der Waals surface area (Å²) in [5.74, 6) is 0.292. The summed E-state index contributed by atoms with van der Waals surface area (Å²) >= 11 is 0. The number of aryl methyl sites for hydroxylation is 2. The Labute approximate surface area is 135 Å². The molecule has 1 amide bonds. The second-order valence-electron chi connectivity index (χ2n) is 6.24. The Morgan fingerprint density at radius 2 is 2.30 bits per heavy atom. The van der Waals surface area contributed by atoms with Crippen molar-refractivity contribution in [3.63, 3.8) is 0 Å². The minimum absolute atomic E-state index is 0.0177. The lowest BCUT2D eigenvalue weighted by molar-refractivity contribution is -0.123. The smallest absolute Gasteiger partial charge is 0.220 e. The summed E-state index contributed by atoms with van der Waals surface area (Å²) in [7, 11) is 1.86. The molecule has 23 heavy (non-hydrogen) atoms. The van der Waals surface area contributed by atoms with E-state index in [0.717, 1.165) is 24.0 Å². The molecule has 0 aromatic carbocycles. The Kier molecular flexibility index (Phi) is 4.71. The monoisotopic (exact) mass is 314 g/mol. The van der Waals surface area contributed by atoms with E-state index in [1.54, 1.807) is 23.3 Å². The van der Waals surface area contributed by atoms with Crippen molar-refractivity contribution in [2.24, 2.45) is 13.0 Å². The van der Waals surface area contributed by atoms with E-state index in [4.69, 9.17) is 0 Å². The van der Waals surface area contributed by atoms with Crippen LogP contribution in [0.1, 0.15) is 36.4 Å². The molecular weight excluding hydrogens is 292 g/mol. The Morgan fingerprint density at radius 3 is 2.91 bits per heavy atom. The van der Waals surface area contributed by atoms with Crippen molar-refractivity contribution in [2.45, 2.75) is 37.8 Å². The number of aromatic nitrogens is 3. The fraction of sp³-hybridized carbons (Fsp3) is 0.471. The Morgan fingerprint density at radius 1 is 1.48 bits per heavy atom. The number of hydrogen-bond acceptors (Lipinski definition) is 4. The Hall–Kier alpha value is -2.21. The van der Waals surface area contributed by atoms with Crippen LogP contribution in [-0.2, 0) is 18.3 Å². The van der Waals surface area contributed by atoms with Gasteiger partial charge in [0.2, 0.25) is 5.91 Å². The van der Waals surface area contributed by atoms with E-state index in [2.05, 4.69) is 15.4 Å². The molecule has 2 aromatic heterocycles. The van der Waals surface area contributed by atoms with E-state index in [0.29, 0.717) is 12.8 Å². The van der Waals surface area contributed by atoms with Crippen molar-refractivity contribution in [3.05, 3.63) is 48.0 Å². The number of rotatable bonds is 6. The second-order valence-corrected chi connectivity index (χ2v) is 6.24. The van der Waals surface area contributed by atoms with E-state index >= 15 is 0 Å². The number of hydrogen-bond donors (Lipinski definition) is 2. The average Bonchev–Trinajstić information content (AvgIpc) is 2.95. The molecule has 1 aliphatic rings. The third-order valence-electron chi connectivity index (χ3n) is 4.39. The predicted octanol–water partition coefficient (Wildman–Crippen LogP) is 1.38. The van der Waals surface area contributed by atoms with Crippen molar-refractivity contribution in [1.29, 1.82) is 0 Å². The van der Waals surface area contributed by atoms with Crippen LogP contribution in [0.4, 0.5) is 0 Å². The van der Waals surface area contributed by atoms with Gasteiger partial charge in [0.1, 0.15) is 0 Å². The van der Waals surface area contributed by atoms with Gasteiger partial charge in [0.15, 0.2) is 0 Å². The summed E-state index contributed by atoms with van der Waals surface area (Å²) in [6, 6.07) is 3.77. The van der Waals surface area contributed by atoms with E-state index in [1.165, 1.54) is 0 Å². The molecular formula is C17H22N4O2. The lowest BCUT2D eigenvalue weighted by Gasteiger charge is -2.37. The van der Waals surface area contributed by atoms with Crippen LogP contribution in [0.2, 0.25) is 0 Å². The van der Waals surface area contributed by atoms with Crippen LogP contribution in [0.3, 0.4) is 0 Å². The summed E-state index contributed by atoms with van der Waals surface area (Å²) in [6.07, 6.45) is 9.53. The molecule has 6 heteroatoms. The van der Waals surface area contributed by atoms with Crippen LogP contribution in [-0.4, -0.2) is 31.9 Å². The standard InChI is InChI=1S/C17H22N4O2/c1-21-11-14(10-19-21)17(13-7-15(22)8-13)20-16(23)5-4-12-3-2-6-18-9-12/h2-3,6,9-11,13,15,17,22H,4-5,7-8H2,1H3,(H,20,23)/t13?,15?,17-/m1/s1. The zero-order valence-electron chi connectivity index (χ0n) is 13.2. The molecule has 3 rings (SSSR count). The highest BCUT2D eigenvalue weighted by Crippen LogP contribution is 2.37. The van der Waals surface area contributed by atoms with E-state index in [-0.39, 0.29) is 24.0 Å². The maximum atomic E-state index is 12.3. The summed E-state index contributed by atoms with van der Waals surface area (Å²) in [6.45, 7) is 0. The number of amides is 1. The number of aliphatic hydroxyl groups is 1. The number of aliphatic hydroxyl groups excluding tert-OH is 1. The lowest BCUT2D eigenvalue weighted by Crippen LogP contribution is -2.41. The van der Waals surface area contributed by atoms with Gasteiger partial charge < -0.3 is 10.4 Å². The molecule has 2 N–H and O–H groups in total. The molecule has 1 saturated carbocycles. The summed E-state index contributed by atoms with van der Waals surface area (Å²) in [5.41, 5.74) is 2.05. The van der Waals surface area contributed by atoms with Crippen molar-refractivity contribution in [1.82, 2.24) is 20.1 Å². The molecule has 0 aliphatic heterocycles. The molecule has 0 radical (unpaired) electrons. The van der Waals surface area contributed by atoms with E-state index in [1.807, 2.05) is 25.4 Å². The number of carbonyl (C=O) groups excluding carboxylic acids is 1. The zero-order chi connectivity index (χ0) is 16.2. The largest absolute Gasteiger partial charge is 0.393 e. The fourth-order valence-corrected chi connectivity index (χ4v) is 3.03. The minimum atomic E-state index is -0.244. The highest BCUT2D eigenvalue weighted by molar-refractivity contribution is 5.76. The highest BCUT2D eigenvalue weighted by atomic mass is 16.3. The highest BCUT2D eigenvalue weighted by Gasteiger charge is 2.36. The molecule has 6 nitrogen and oxygen atoms in total. The molecule has 0 saturated heterocycles. The molecule has 2 aromatic rings. The van der Waals surface area contributed by atoms with Crippen LogP contribution in [0.15, 0.2) is 36.9 Å². The molecule has 1 fully saturated rings. The third-order valence-corrected chi connectivity index (χ3v) is 4.39. The molecule has 0 spiro atoms. The molecule has 1 atom stereocenters. The number of nitrogens with zero attached hydrogens (tertiary/aromatic N) is 3. The first-order chi connectivity index (χ1) is 11.1. The van der Waals surface area contributed by atoms with Gasteiger partial charge >= 0.3 is 0 Å². The van der Waals surface area contributed by atoms with Crippen molar-refractivity contribution < 1.29 is 9.90 Å². The van der Waals surface area contributed by atoms with Crippen LogP contribution in [0, 0.1) is 5.92 Å².